The summed E-state index contributed by atoms with van der Waals surface area (Å²) in [5, 5.41) is 9.38. The number of hydrogen-bond acceptors (Lipinski definition) is 2. The highest BCUT2D eigenvalue weighted by Crippen LogP contribution is 2.44. The molecule has 0 unspecified atom stereocenters. The van der Waals surface area contributed by atoms with Gasteiger partial charge in [0.05, 0.1) is 5.69 Å². The van der Waals surface area contributed by atoms with Crippen LogP contribution < -0.4 is 4.90 Å². The van der Waals surface area contributed by atoms with Crippen LogP contribution in [0.2, 0.25) is 0 Å². The molecule has 1 amide bonds. The lowest BCUT2D eigenvalue weighted by Crippen LogP contribution is -2.37. The van der Waals surface area contributed by atoms with Crippen LogP contribution in [0.25, 0.3) is 0 Å². The topological polar surface area (TPSA) is 43.8 Å². The summed E-state index contributed by atoms with van der Waals surface area (Å²) in [4.78, 5) is 15.5. The van der Waals surface area contributed by atoms with E-state index in [1.807, 2.05) is 12.1 Å². The van der Waals surface area contributed by atoms with E-state index >= 15 is 0 Å². The van der Waals surface area contributed by atoms with E-state index in [1.165, 1.54) is 80.5 Å². The molecule has 26 heavy (non-hydrogen) atoms. The Morgan fingerprint density at radius 1 is 1.19 bits per heavy atom. The van der Waals surface area contributed by atoms with Gasteiger partial charge in [0.15, 0.2) is 0 Å². The first kappa shape index (κ1) is 17.8. The Morgan fingerprint density at radius 3 is 2.77 bits per heavy atom. The third-order valence-electron chi connectivity index (χ3n) is 7.14. The molecule has 4 nitrogen and oxygen atoms in total. The first-order valence-corrected chi connectivity index (χ1v) is 10.5. The summed E-state index contributed by atoms with van der Waals surface area (Å²) >= 11 is 0. The Labute approximate surface area is 157 Å². The van der Waals surface area contributed by atoms with Gasteiger partial charge in [-0.15, -0.1) is 0 Å². The average molecular weight is 357 g/mol. The van der Waals surface area contributed by atoms with Crippen molar-refractivity contribution in [3.8, 4) is 0 Å². The molecule has 1 aliphatic heterocycles. The molecule has 1 N–H and O–H groups in total. The monoisotopic (exact) mass is 356 g/mol. The summed E-state index contributed by atoms with van der Waals surface area (Å²) in [6.07, 6.45) is 11.1. The maximum Gasteiger partial charge on any atom is 0.411 e. The highest BCUT2D eigenvalue weighted by Gasteiger charge is 2.39. The minimum absolute atomic E-state index is 0.590. The SMILES string of the molecule is CN(C(=O)O)c1cccc2c1CC[C@@H]1[C@H]2CCN1CCC1CCCCC1. The van der Waals surface area contributed by atoms with Gasteiger partial charge in [0.1, 0.15) is 0 Å². The fourth-order valence-electron chi connectivity index (χ4n) is 5.69. The molecule has 0 radical (unpaired) electrons. The largest absolute Gasteiger partial charge is 0.465 e. The predicted molar refractivity (Wildman–Crippen MR) is 105 cm³/mol. The fourth-order valence-corrected chi connectivity index (χ4v) is 5.69. The lowest BCUT2D eigenvalue weighted by Gasteiger charge is -2.35. The van der Waals surface area contributed by atoms with Crippen molar-refractivity contribution in [2.24, 2.45) is 5.92 Å². The molecule has 4 rings (SSSR count). The summed E-state index contributed by atoms with van der Waals surface area (Å²) < 4.78 is 0. The van der Waals surface area contributed by atoms with Crippen molar-refractivity contribution in [3.05, 3.63) is 29.3 Å². The van der Waals surface area contributed by atoms with Gasteiger partial charge < -0.3 is 5.11 Å². The van der Waals surface area contributed by atoms with Gasteiger partial charge in [-0.05, 0) is 61.9 Å². The van der Waals surface area contributed by atoms with E-state index in [4.69, 9.17) is 0 Å². The lowest BCUT2D eigenvalue weighted by atomic mass is 9.78. The first-order valence-electron chi connectivity index (χ1n) is 10.5. The summed E-state index contributed by atoms with van der Waals surface area (Å²) in [5.41, 5.74) is 3.56. The maximum absolute atomic E-state index is 11.4. The van der Waals surface area contributed by atoms with E-state index in [1.54, 1.807) is 7.05 Å². The number of likely N-dealkylation sites (tertiary alicyclic amines) is 1. The van der Waals surface area contributed by atoms with Crippen LogP contribution in [0, 0.1) is 5.92 Å². The quantitative estimate of drug-likeness (QED) is 0.836. The Morgan fingerprint density at radius 2 is 2.00 bits per heavy atom. The molecule has 1 aromatic rings. The lowest BCUT2D eigenvalue weighted by molar-refractivity contribution is 0.199. The molecule has 142 valence electrons. The minimum atomic E-state index is -0.874. The number of fused-ring (bicyclic) bond motifs is 3. The second-order valence-electron chi connectivity index (χ2n) is 8.52. The van der Waals surface area contributed by atoms with Crippen molar-refractivity contribution in [3.63, 3.8) is 0 Å². The average Bonchev–Trinajstić information content (AvgIpc) is 3.09. The molecular weight excluding hydrogens is 324 g/mol. The van der Waals surface area contributed by atoms with Crippen molar-refractivity contribution in [2.75, 3.05) is 25.0 Å². The predicted octanol–water partition coefficient (Wildman–Crippen LogP) is 4.88. The summed E-state index contributed by atoms with van der Waals surface area (Å²) in [5.74, 6) is 1.54. The molecule has 0 spiro atoms. The van der Waals surface area contributed by atoms with Crippen LogP contribution in [0.1, 0.15) is 68.4 Å². The van der Waals surface area contributed by atoms with Crippen LogP contribution in [0.4, 0.5) is 10.5 Å². The number of hydrogen-bond donors (Lipinski definition) is 1. The molecule has 1 saturated heterocycles. The van der Waals surface area contributed by atoms with Crippen LogP contribution in [0.3, 0.4) is 0 Å². The molecule has 1 saturated carbocycles. The minimum Gasteiger partial charge on any atom is -0.465 e. The van der Waals surface area contributed by atoms with E-state index in [0.29, 0.717) is 12.0 Å². The first-order chi connectivity index (χ1) is 12.6. The van der Waals surface area contributed by atoms with Gasteiger partial charge in [0.25, 0.3) is 0 Å². The highest BCUT2D eigenvalue weighted by atomic mass is 16.4. The van der Waals surface area contributed by atoms with Gasteiger partial charge in [-0.25, -0.2) is 4.79 Å². The van der Waals surface area contributed by atoms with Crippen LogP contribution in [0.5, 0.6) is 0 Å². The molecule has 3 aliphatic rings. The van der Waals surface area contributed by atoms with Crippen molar-refractivity contribution in [1.82, 2.24) is 4.90 Å². The van der Waals surface area contributed by atoms with E-state index in [9.17, 15) is 9.90 Å². The third kappa shape index (κ3) is 3.36. The van der Waals surface area contributed by atoms with Crippen molar-refractivity contribution in [1.29, 1.82) is 0 Å². The molecule has 2 fully saturated rings. The number of rotatable bonds is 4. The zero-order chi connectivity index (χ0) is 18.1. The third-order valence-corrected chi connectivity index (χ3v) is 7.14. The number of carbonyl (C=O) groups is 1. The zero-order valence-corrected chi connectivity index (χ0v) is 16.0. The highest BCUT2D eigenvalue weighted by molar-refractivity contribution is 5.87. The van der Waals surface area contributed by atoms with Gasteiger partial charge in [0.2, 0.25) is 0 Å². The number of amides is 1. The molecule has 0 aromatic heterocycles. The maximum atomic E-state index is 11.4. The molecule has 4 heteroatoms. The van der Waals surface area contributed by atoms with Crippen LogP contribution in [0.15, 0.2) is 18.2 Å². The molecule has 1 heterocycles. The second kappa shape index (κ2) is 7.59. The normalized spacial score (nSPS) is 26.3. The molecule has 2 atom stereocenters. The van der Waals surface area contributed by atoms with Crippen LogP contribution in [-0.2, 0) is 6.42 Å². The Kier molecular flexibility index (Phi) is 5.21. The summed E-state index contributed by atoms with van der Waals surface area (Å²) in [6, 6.07) is 6.91. The molecule has 0 bridgehead atoms. The van der Waals surface area contributed by atoms with Crippen molar-refractivity contribution < 1.29 is 9.90 Å². The second-order valence-corrected chi connectivity index (χ2v) is 8.52. The van der Waals surface area contributed by atoms with Crippen molar-refractivity contribution in [2.45, 2.75) is 69.7 Å². The summed E-state index contributed by atoms with van der Waals surface area (Å²) in [7, 11) is 1.66. The Balaban J connectivity index is 1.46. The molecule has 1 aromatic carbocycles. The Hall–Kier alpha value is -1.55. The number of nitrogens with zero attached hydrogens (tertiary/aromatic N) is 2. The Bertz CT molecular complexity index is 654. The smallest absolute Gasteiger partial charge is 0.411 e. The fraction of sp³-hybridized carbons (Fsp3) is 0.682. The summed E-state index contributed by atoms with van der Waals surface area (Å²) in [6.45, 7) is 2.47. The molecular formula is C22H32N2O2. The van der Waals surface area contributed by atoms with E-state index < -0.39 is 6.09 Å². The van der Waals surface area contributed by atoms with E-state index in [-0.39, 0.29) is 0 Å². The van der Waals surface area contributed by atoms with Gasteiger partial charge in [0, 0.05) is 19.0 Å². The number of carboxylic acid groups (broad SMARTS) is 1. The van der Waals surface area contributed by atoms with E-state index in [2.05, 4.69) is 11.0 Å². The van der Waals surface area contributed by atoms with Crippen LogP contribution in [-0.4, -0.2) is 42.3 Å². The van der Waals surface area contributed by atoms with Gasteiger partial charge in [-0.2, -0.15) is 0 Å². The molecule has 2 aliphatic carbocycles. The van der Waals surface area contributed by atoms with Gasteiger partial charge >= 0.3 is 6.09 Å². The van der Waals surface area contributed by atoms with Crippen molar-refractivity contribution >= 4 is 11.8 Å². The number of benzene rings is 1. The number of anilines is 1. The standard InChI is InChI=1S/C22H32N2O2/c1-23(22(25)26)20-9-5-8-17-18(20)10-11-21-19(17)13-15-24(21)14-12-16-6-3-2-4-7-16/h5,8-9,16,19,21H,2-4,6-7,10-15H2,1H3,(H,25,26)/t19-,21+/m0/s1. The zero-order valence-electron chi connectivity index (χ0n) is 16.0. The van der Waals surface area contributed by atoms with Crippen LogP contribution >= 0.6 is 0 Å². The van der Waals surface area contributed by atoms with E-state index in [0.717, 1.165) is 18.0 Å². The van der Waals surface area contributed by atoms with Gasteiger partial charge in [-0.3, -0.25) is 9.80 Å². The van der Waals surface area contributed by atoms with Gasteiger partial charge in [-0.1, -0.05) is 44.2 Å².